The van der Waals surface area contributed by atoms with E-state index in [-0.39, 0.29) is 0 Å². The first-order chi connectivity index (χ1) is 7.25. The summed E-state index contributed by atoms with van der Waals surface area (Å²) in [5.41, 5.74) is 0. The zero-order valence-electron chi connectivity index (χ0n) is 9.41. The molecule has 0 amide bonds. The fraction of sp³-hybridized carbons (Fsp3) is 0.750. The molecule has 15 heavy (non-hydrogen) atoms. The number of rotatable bonds is 3. The minimum Gasteiger partial charge on any atom is -0.337 e. The molecule has 1 N–H and O–H groups in total. The Hall–Kier alpha value is -0.570. The summed E-state index contributed by atoms with van der Waals surface area (Å²) in [7, 11) is 0. The van der Waals surface area contributed by atoms with Gasteiger partial charge in [-0.2, -0.15) is 0 Å². The van der Waals surface area contributed by atoms with E-state index in [1.54, 1.807) is 0 Å². The number of hydrogen-bond donors (Lipinski definition) is 1. The fourth-order valence-corrected chi connectivity index (χ4v) is 2.89. The molecule has 0 saturated heterocycles. The molecule has 1 heterocycles. The lowest BCUT2D eigenvalue weighted by Gasteiger charge is -2.26. The van der Waals surface area contributed by atoms with Crippen molar-refractivity contribution in [1.29, 1.82) is 0 Å². The average molecular weight is 224 g/mol. The van der Waals surface area contributed by atoms with E-state index >= 15 is 0 Å². The summed E-state index contributed by atoms with van der Waals surface area (Å²) in [6.45, 7) is 3.47. The zero-order chi connectivity index (χ0) is 10.7. The second-order valence-electron chi connectivity index (χ2n) is 4.89. The predicted molar refractivity (Wildman–Crippen MR) is 65.4 cm³/mol. The summed E-state index contributed by atoms with van der Waals surface area (Å²) in [6, 6.07) is 0. The molecule has 2 unspecified atom stereocenters. The van der Waals surface area contributed by atoms with Gasteiger partial charge in [0.2, 0.25) is 0 Å². The maximum Gasteiger partial charge on any atom is 0.177 e. The molecule has 0 aliphatic heterocycles. The Balaban J connectivity index is 1.83. The Morgan fingerprint density at radius 2 is 2.40 bits per heavy atom. The van der Waals surface area contributed by atoms with Crippen LogP contribution in [0.15, 0.2) is 12.4 Å². The van der Waals surface area contributed by atoms with Crippen molar-refractivity contribution in [3.8, 4) is 0 Å². The van der Waals surface area contributed by atoms with Crippen molar-refractivity contribution in [1.82, 2.24) is 9.55 Å². The summed E-state index contributed by atoms with van der Waals surface area (Å²) in [5, 5.41) is 0. The molecule has 2 nitrogen and oxygen atoms in total. The van der Waals surface area contributed by atoms with Crippen molar-refractivity contribution in [2.24, 2.45) is 11.8 Å². The van der Waals surface area contributed by atoms with E-state index in [2.05, 4.69) is 22.7 Å². The van der Waals surface area contributed by atoms with E-state index in [1.165, 1.54) is 32.1 Å². The van der Waals surface area contributed by atoms with Crippen LogP contribution in [0.3, 0.4) is 0 Å². The monoisotopic (exact) mass is 224 g/mol. The van der Waals surface area contributed by atoms with E-state index < -0.39 is 0 Å². The van der Waals surface area contributed by atoms with Crippen LogP contribution in [-0.2, 0) is 6.54 Å². The number of aromatic nitrogens is 2. The van der Waals surface area contributed by atoms with Crippen molar-refractivity contribution in [3.05, 3.63) is 17.2 Å². The molecule has 0 spiro atoms. The van der Waals surface area contributed by atoms with Crippen LogP contribution >= 0.6 is 12.2 Å². The minimum atomic E-state index is 0.860. The third-order valence-corrected chi connectivity index (χ3v) is 3.90. The Morgan fingerprint density at radius 3 is 3.07 bits per heavy atom. The number of aromatic amines is 1. The van der Waals surface area contributed by atoms with Crippen LogP contribution in [0, 0.1) is 16.6 Å². The van der Waals surface area contributed by atoms with E-state index in [0.717, 1.165) is 23.2 Å². The fourth-order valence-electron chi connectivity index (χ4n) is 2.67. The summed E-state index contributed by atoms with van der Waals surface area (Å²) < 4.78 is 3.01. The maximum absolute atomic E-state index is 5.18. The van der Waals surface area contributed by atoms with Gasteiger partial charge in [0.1, 0.15) is 0 Å². The van der Waals surface area contributed by atoms with Gasteiger partial charge in [-0.05, 0) is 36.9 Å². The van der Waals surface area contributed by atoms with Crippen molar-refractivity contribution >= 4 is 12.2 Å². The summed E-state index contributed by atoms with van der Waals surface area (Å²) in [5.74, 6) is 1.86. The molecule has 0 bridgehead atoms. The third kappa shape index (κ3) is 2.94. The number of imidazole rings is 1. The first kappa shape index (κ1) is 10.9. The SMILES string of the molecule is CC1CCCC(CCn2cc[nH]c2=S)C1. The lowest BCUT2D eigenvalue weighted by molar-refractivity contribution is 0.261. The van der Waals surface area contributed by atoms with Gasteiger partial charge in [-0.25, -0.2) is 0 Å². The number of H-pyrrole nitrogens is 1. The van der Waals surface area contributed by atoms with Gasteiger partial charge in [-0.1, -0.05) is 26.2 Å². The molecular weight excluding hydrogens is 204 g/mol. The maximum atomic E-state index is 5.18. The molecule has 1 aromatic rings. The van der Waals surface area contributed by atoms with E-state index in [0.29, 0.717) is 0 Å². The van der Waals surface area contributed by atoms with Gasteiger partial charge >= 0.3 is 0 Å². The molecule has 2 rings (SSSR count). The molecule has 1 aliphatic rings. The largest absolute Gasteiger partial charge is 0.337 e. The Labute approximate surface area is 96.7 Å². The van der Waals surface area contributed by atoms with Crippen LogP contribution in [-0.4, -0.2) is 9.55 Å². The van der Waals surface area contributed by atoms with E-state index in [4.69, 9.17) is 12.2 Å². The minimum absolute atomic E-state index is 0.860. The van der Waals surface area contributed by atoms with Crippen molar-refractivity contribution in [2.45, 2.75) is 45.6 Å². The molecule has 0 radical (unpaired) electrons. The van der Waals surface area contributed by atoms with E-state index in [1.807, 2.05) is 6.20 Å². The summed E-state index contributed by atoms with van der Waals surface area (Å²) >= 11 is 5.18. The molecule has 84 valence electrons. The van der Waals surface area contributed by atoms with Crippen LogP contribution in [0.5, 0.6) is 0 Å². The molecule has 1 fully saturated rings. The van der Waals surface area contributed by atoms with Gasteiger partial charge in [0.15, 0.2) is 4.77 Å². The molecule has 0 aromatic carbocycles. The second kappa shape index (κ2) is 4.97. The van der Waals surface area contributed by atoms with Crippen LogP contribution in [0.1, 0.15) is 39.0 Å². The van der Waals surface area contributed by atoms with E-state index in [9.17, 15) is 0 Å². The average Bonchev–Trinajstić information content (AvgIpc) is 2.61. The number of hydrogen-bond acceptors (Lipinski definition) is 1. The van der Waals surface area contributed by atoms with Gasteiger partial charge in [-0.15, -0.1) is 0 Å². The summed E-state index contributed by atoms with van der Waals surface area (Å²) in [6.07, 6.45) is 10.9. The van der Waals surface area contributed by atoms with Crippen LogP contribution in [0.4, 0.5) is 0 Å². The van der Waals surface area contributed by atoms with Crippen molar-refractivity contribution in [3.63, 3.8) is 0 Å². The van der Waals surface area contributed by atoms with Gasteiger partial charge in [0, 0.05) is 18.9 Å². The first-order valence-corrected chi connectivity index (χ1v) is 6.40. The van der Waals surface area contributed by atoms with Gasteiger partial charge in [-0.3, -0.25) is 0 Å². The van der Waals surface area contributed by atoms with Crippen LogP contribution in [0.25, 0.3) is 0 Å². The lowest BCUT2D eigenvalue weighted by Crippen LogP contribution is -2.15. The highest BCUT2D eigenvalue weighted by Gasteiger charge is 2.18. The molecule has 1 saturated carbocycles. The van der Waals surface area contributed by atoms with Gasteiger partial charge in [0.25, 0.3) is 0 Å². The Bertz CT molecular complexity index is 353. The Morgan fingerprint density at radius 1 is 1.53 bits per heavy atom. The normalized spacial score (nSPS) is 26.7. The van der Waals surface area contributed by atoms with Crippen LogP contribution < -0.4 is 0 Å². The number of aryl methyl sites for hydroxylation is 1. The molecule has 2 atom stereocenters. The summed E-state index contributed by atoms with van der Waals surface area (Å²) in [4.78, 5) is 3.04. The van der Waals surface area contributed by atoms with Crippen molar-refractivity contribution < 1.29 is 0 Å². The first-order valence-electron chi connectivity index (χ1n) is 5.99. The predicted octanol–water partition coefficient (Wildman–Crippen LogP) is 3.76. The molecule has 1 aliphatic carbocycles. The zero-order valence-corrected chi connectivity index (χ0v) is 10.2. The standard InChI is InChI=1S/C12H20N2S/c1-10-3-2-4-11(9-10)5-7-14-8-6-13-12(14)15/h6,8,10-11H,2-5,7,9H2,1H3,(H,13,15). The quantitative estimate of drug-likeness (QED) is 0.775. The van der Waals surface area contributed by atoms with Gasteiger partial charge < -0.3 is 9.55 Å². The highest BCUT2D eigenvalue weighted by molar-refractivity contribution is 7.71. The highest BCUT2D eigenvalue weighted by atomic mass is 32.1. The second-order valence-corrected chi connectivity index (χ2v) is 5.27. The molecule has 1 aromatic heterocycles. The smallest absolute Gasteiger partial charge is 0.177 e. The third-order valence-electron chi connectivity index (χ3n) is 3.55. The lowest BCUT2D eigenvalue weighted by atomic mass is 9.81. The number of nitrogens with zero attached hydrogens (tertiary/aromatic N) is 1. The molecule has 3 heteroatoms. The Kier molecular flexibility index (Phi) is 3.62. The highest BCUT2D eigenvalue weighted by Crippen LogP contribution is 2.30. The molecular formula is C12H20N2S. The van der Waals surface area contributed by atoms with Gasteiger partial charge in [0.05, 0.1) is 0 Å². The van der Waals surface area contributed by atoms with Crippen LogP contribution in [0.2, 0.25) is 0 Å². The topological polar surface area (TPSA) is 20.7 Å². The number of nitrogens with one attached hydrogen (secondary N) is 1. The van der Waals surface area contributed by atoms with Crippen molar-refractivity contribution in [2.75, 3.05) is 0 Å².